The molecule has 0 fully saturated rings. The summed E-state index contributed by atoms with van der Waals surface area (Å²) < 4.78 is 2.20. The molecule has 0 aliphatic heterocycles. The van der Waals surface area contributed by atoms with E-state index < -0.39 is 0 Å². The predicted molar refractivity (Wildman–Crippen MR) is 90.3 cm³/mol. The van der Waals surface area contributed by atoms with E-state index in [0.717, 1.165) is 20.7 Å². The molecule has 1 atom stereocenters. The van der Waals surface area contributed by atoms with Gasteiger partial charge in [-0.3, -0.25) is 0 Å². The molecule has 0 radical (unpaired) electrons. The molecule has 0 spiro atoms. The van der Waals surface area contributed by atoms with Crippen LogP contribution in [-0.2, 0) is 0 Å². The van der Waals surface area contributed by atoms with Crippen molar-refractivity contribution in [2.75, 3.05) is 5.32 Å². The molecule has 94 valence electrons. The van der Waals surface area contributed by atoms with E-state index >= 15 is 0 Å². The number of hydrogen-bond donors (Lipinski definition) is 1. The molecule has 4 heteroatoms. The van der Waals surface area contributed by atoms with Gasteiger partial charge >= 0.3 is 0 Å². The molecule has 1 unspecified atom stereocenters. The minimum Gasteiger partial charge on any atom is -0.378 e. The van der Waals surface area contributed by atoms with Crippen LogP contribution in [0.3, 0.4) is 0 Å². The highest BCUT2D eigenvalue weighted by atomic mass is 127. The molecule has 0 aliphatic rings. The number of halogens is 3. The van der Waals surface area contributed by atoms with Gasteiger partial charge in [-0.2, -0.15) is 0 Å². The molecule has 0 aliphatic carbocycles. The van der Waals surface area contributed by atoms with Gasteiger partial charge in [0.15, 0.2) is 0 Å². The molecule has 0 bridgehead atoms. The summed E-state index contributed by atoms with van der Waals surface area (Å²) in [6.45, 7) is 2.11. The molecule has 2 aromatic rings. The molecule has 0 saturated heterocycles. The van der Waals surface area contributed by atoms with E-state index in [2.05, 4.69) is 62.9 Å². The summed E-state index contributed by atoms with van der Waals surface area (Å²) in [7, 11) is 0. The van der Waals surface area contributed by atoms with Crippen LogP contribution in [0.25, 0.3) is 0 Å². The van der Waals surface area contributed by atoms with Gasteiger partial charge in [0.2, 0.25) is 0 Å². The number of para-hydroxylation sites is 1. The zero-order chi connectivity index (χ0) is 13.1. The zero-order valence-electron chi connectivity index (χ0n) is 9.75. The molecule has 2 rings (SSSR count). The fraction of sp³-hybridized carbons (Fsp3) is 0.143. The van der Waals surface area contributed by atoms with E-state index in [0.29, 0.717) is 0 Å². The third kappa shape index (κ3) is 3.39. The Morgan fingerprint density at radius 1 is 1.22 bits per heavy atom. The van der Waals surface area contributed by atoms with E-state index in [9.17, 15) is 0 Å². The van der Waals surface area contributed by atoms with Crippen molar-refractivity contribution in [1.82, 2.24) is 0 Å². The second-order valence-corrected chi connectivity index (χ2v) is 6.50. The molecule has 0 heterocycles. The lowest BCUT2D eigenvalue weighted by Gasteiger charge is -2.18. The number of benzene rings is 2. The second kappa shape index (κ2) is 6.26. The lowest BCUT2D eigenvalue weighted by molar-refractivity contribution is 0.883. The first-order chi connectivity index (χ1) is 8.58. The molecule has 18 heavy (non-hydrogen) atoms. The van der Waals surface area contributed by atoms with Gasteiger partial charge in [0.05, 0.1) is 6.04 Å². The molecule has 0 aromatic heterocycles. The van der Waals surface area contributed by atoms with Crippen LogP contribution in [-0.4, -0.2) is 0 Å². The summed E-state index contributed by atoms with van der Waals surface area (Å²) in [5.41, 5.74) is 2.23. The Morgan fingerprint density at radius 3 is 2.61 bits per heavy atom. The fourth-order valence-corrected chi connectivity index (χ4v) is 3.12. The van der Waals surface area contributed by atoms with Gasteiger partial charge in [0, 0.05) is 18.8 Å². The summed E-state index contributed by atoms with van der Waals surface area (Å²) in [6.07, 6.45) is 0. The molecule has 1 N–H and O–H groups in total. The minimum absolute atomic E-state index is 0.168. The van der Waals surface area contributed by atoms with Crippen LogP contribution in [0.15, 0.2) is 46.9 Å². The third-order valence-electron chi connectivity index (χ3n) is 2.67. The Bertz CT molecular complexity index is 559. The maximum absolute atomic E-state index is 6.26. The maximum atomic E-state index is 6.26. The van der Waals surface area contributed by atoms with Gasteiger partial charge < -0.3 is 5.32 Å². The van der Waals surface area contributed by atoms with Crippen LogP contribution >= 0.6 is 50.1 Å². The van der Waals surface area contributed by atoms with E-state index in [4.69, 9.17) is 11.6 Å². The SMILES string of the molecule is CC(Nc1ccccc1I)c1ccc(Br)cc1Cl. The van der Waals surface area contributed by atoms with Crippen LogP contribution < -0.4 is 5.32 Å². The monoisotopic (exact) mass is 435 g/mol. The summed E-state index contributed by atoms with van der Waals surface area (Å²) in [6, 6.07) is 14.4. The first-order valence-electron chi connectivity index (χ1n) is 5.54. The van der Waals surface area contributed by atoms with Crippen molar-refractivity contribution < 1.29 is 0 Å². The van der Waals surface area contributed by atoms with Crippen LogP contribution in [0.5, 0.6) is 0 Å². The van der Waals surface area contributed by atoms with Gasteiger partial charge in [-0.15, -0.1) is 0 Å². The topological polar surface area (TPSA) is 12.0 Å². The average Bonchev–Trinajstić information content (AvgIpc) is 2.32. The molecular formula is C14H12BrClIN. The van der Waals surface area contributed by atoms with Crippen LogP contribution in [0.1, 0.15) is 18.5 Å². The van der Waals surface area contributed by atoms with Gasteiger partial charge in [-0.1, -0.05) is 45.7 Å². The Balaban J connectivity index is 2.22. The van der Waals surface area contributed by atoms with Crippen molar-refractivity contribution in [3.05, 3.63) is 61.1 Å². The Kier molecular flexibility index (Phi) is 4.92. The average molecular weight is 437 g/mol. The summed E-state index contributed by atoms with van der Waals surface area (Å²) in [5.74, 6) is 0. The van der Waals surface area contributed by atoms with Crippen LogP contribution in [0.4, 0.5) is 5.69 Å². The Labute approximate surface area is 134 Å². The van der Waals surface area contributed by atoms with E-state index in [-0.39, 0.29) is 6.04 Å². The van der Waals surface area contributed by atoms with Crippen molar-refractivity contribution in [3.63, 3.8) is 0 Å². The normalized spacial score (nSPS) is 12.2. The highest BCUT2D eigenvalue weighted by Crippen LogP contribution is 2.29. The highest BCUT2D eigenvalue weighted by molar-refractivity contribution is 14.1. The Hall–Kier alpha value is -0.260. The van der Waals surface area contributed by atoms with Gasteiger partial charge in [-0.25, -0.2) is 0 Å². The van der Waals surface area contributed by atoms with Gasteiger partial charge in [0.25, 0.3) is 0 Å². The fourth-order valence-electron chi connectivity index (χ4n) is 1.74. The molecule has 2 aromatic carbocycles. The van der Waals surface area contributed by atoms with Gasteiger partial charge in [0.1, 0.15) is 0 Å². The van der Waals surface area contributed by atoms with Crippen molar-refractivity contribution in [3.8, 4) is 0 Å². The number of hydrogen-bond acceptors (Lipinski definition) is 1. The predicted octanol–water partition coefficient (Wildman–Crippen LogP) is 5.88. The number of rotatable bonds is 3. The molecule has 0 saturated carbocycles. The molecule has 0 amide bonds. The first kappa shape index (κ1) is 14.2. The van der Waals surface area contributed by atoms with E-state index in [1.165, 1.54) is 3.57 Å². The minimum atomic E-state index is 0.168. The van der Waals surface area contributed by atoms with E-state index in [1.54, 1.807) is 0 Å². The van der Waals surface area contributed by atoms with Crippen molar-refractivity contribution in [1.29, 1.82) is 0 Å². The molecular weight excluding hydrogens is 424 g/mol. The maximum Gasteiger partial charge on any atom is 0.0500 e. The Morgan fingerprint density at radius 2 is 1.94 bits per heavy atom. The smallest absolute Gasteiger partial charge is 0.0500 e. The lowest BCUT2D eigenvalue weighted by Crippen LogP contribution is -2.08. The summed E-state index contributed by atoms with van der Waals surface area (Å²) >= 11 is 12.0. The van der Waals surface area contributed by atoms with Crippen LogP contribution in [0, 0.1) is 3.57 Å². The van der Waals surface area contributed by atoms with Crippen molar-refractivity contribution >= 4 is 55.8 Å². The first-order valence-corrected chi connectivity index (χ1v) is 7.79. The van der Waals surface area contributed by atoms with Crippen LogP contribution in [0.2, 0.25) is 5.02 Å². The standard InChI is InChI=1S/C14H12BrClIN/c1-9(11-7-6-10(15)8-12(11)16)18-14-5-3-2-4-13(14)17/h2-9,18H,1H3. The number of nitrogens with one attached hydrogen (secondary N) is 1. The second-order valence-electron chi connectivity index (χ2n) is 4.01. The quantitative estimate of drug-likeness (QED) is 0.593. The summed E-state index contributed by atoms with van der Waals surface area (Å²) in [5, 5.41) is 4.25. The number of anilines is 1. The largest absolute Gasteiger partial charge is 0.378 e. The van der Waals surface area contributed by atoms with Crippen molar-refractivity contribution in [2.24, 2.45) is 0 Å². The molecule has 1 nitrogen and oxygen atoms in total. The van der Waals surface area contributed by atoms with Crippen molar-refractivity contribution in [2.45, 2.75) is 13.0 Å². The van der Waals surface area contributed by atoms with E-state index in [1.807, 2.05) is 30.3 Å². The highest BCUT2D eigenvalue weighted by Gasteiger charge is 2.10. The lowest BCUT2D eigenvalue weighted by atomic mass is 10.1. The zero-order valence-corrected chi connectivity index (χ0v) is 14.3. The third-order valence-corrected chi connectivity index (χ3v) is 4.44. The van der Waals surface area contributed by atoms with Gasteiger partial charge in [-0.05, 0) is 59.3 Å². The summed E-state index contributed by atoms with van der Waals surface area (Å²) in [4.78, 5) is 0.